The molecule has 1 fully saturated rings. The lowest BCUT2D eigenvalue weighted by Crippen LogP contribution is -3.12. The number of halogens is 1. The van der Waals surface area contributed by atoms with Gasteiger partial charge in [-0.05, 0) is 19.1 Å². The van der Waals surface area contributed by atoms with Crippen molar-refractivity contribution in [3.05, 3.63) is 34.9 Å². The number of hydrogen-bond acceptors (Lipinski definition) is 3. The van der Waals surface area contributed by atoms with Crippen LogP contribution in [-0.4, -0.2) is 25.1 Å². The molecular weight excluding hydrogens is 264 g/mol. The van der Waals surface area contributed by atoms with E-state index >= 15 is 0 Å². The lowest BCUT2D eigenvalue weighted by Gasteiger charge is -2.27. The summed E-state index contributed by atoms with van der Waals surface area (Å²) in [4.78, 5) is 10.5. The number of nitrogens with two attached hydrogens (primary N) is 1. The zero-order valence-electron chi connectivity index (χ0n) is 11.2. The highest BCUT2D eigenvalue weighted by atomic mass is 35.5. The van der Waals surface area contributed by atoms with Gasteiger partial charge >= 0.3 is 0 Å². The van der Waals surface area contributed by atoms with E-state index in [-0.39, 0.29) is 0 Å². The SMILES string of the molecule is CC(=O)[O-].NC1CC[NH+](Cc2ccc(Cl)cc2)CC1. The second-order valence-electron chi connectivity index (χ2n) is 4.88. The largest absolute Gasteiger partial charge is 0.550 e. The van der Waals surface area contributed by atoms with Crippen molar-refractivity contribution in [2.75, 3.05) is 13.1 Å². The lowest BCUT2D eigenvalue weighted by molar-refractivity contribution is -0.918. The van der Waals surface area contributed by atoms with E-state index in [1.54, 1.807) is 4.90 Å². The predicted molar refractivity (Wildman–Crippen MR) is 73.7 cm³/mol. The Balaban J connectivity index is 0.000000399. The van der Waals surface area contributed by atoms with Crippen molar-refractivity contribution in [1.82, 2.24) is 0 Å². The molecule has 1 aromatic rings. The van der Waals surface area contributed by atoms with Crippen molar-refractivity contribution in [3.63, 3.8) is 0 Å². The van der Waals surface area contributed by atoms with Crippen molar-refractivity contribution in [2.45, 2.75) is 32.4 Å². The van der Waals surface area contributed by atoms with Crippen LogP contribution in [-0.2, 0) is 11.3 Å². The summed E-state index contributed by atoms with van der Waals surface area (Å²) in [6, 6.07) is 8.59. The molecule has 0 unspecified atom stereocenters. The highest BCUT2D eigenvalue weighted by Gasteiger charge is 2.18. The van der Waals surface area contributed by atoms with Gasteiger partial charge < -0.3 is 20.5 Å². The molecule has 2 rings (SSSR count). The fourth-order valence-corrected chi connectivity index (χ4v) is 2.24. The summed E-state index contributed by atoms with van der Waals surface area (Å²) in [5.41, 5.74) is 7.25. The third-order valence-electron chi connectivity index (χ3n) is 3.10. The van der Waals surface area contributed by atoms with Crippen LogP contribution >= 0.6 is 11.6 Å². The number of rotatable bonds is 2. The third-order valence-corrected chi connectivity index (χ3v) is 3.36. The van der Waals surface area contributed by atoms with Crippen molar-refractivity contribution < 1.29 is 14.8 Å². The van der Waals surface area contributed by atoms with E-state index in [9.17, 15) is 0 Å². The van der Waals surface area contributed by atoms with Gasteiger partial charge in [0, 0.05) is 35.4 Å². The van der Waals surface area contributed by atoms with E-state index in [4.69, 9.17) is 27.2 Å². The fraction of sp³-hybridized carbons (Fsp3) is 0.500. The topological polar surface area (TPSA) is 70.6 Å². The average molecular weight is 285 g/mol. The van der Waals surface area contributed by atoms with Crippen LogP contribution < -0.4 is 15.7 Å². The minimum atomic E-state index is -1.08. The van der Waals surface area contributed by atoms with E-state index in [0.717, 1.165) is 31.3 Å². The molecule has 1 saturated heterocycles. The molecule has 1 aromatic carbocycles. The van der Waals surface area contributed by atoms with Crippen molar-refractivity contribution >= 4 is 17.6 Å². The number of piperidine rings is 1. The molecule has 5 heteroatoms. The summed E-state index contributed by atoms with van der Waals surface area (Å²) in [6.45, 7) is 4.47. The van der Waals surface area contributed by atoms with E-state index in [2.05, 4.69) is 12.1 Å². The molecule has 19 heavy (non-hydrogen) atoms. The zero-order chi connectivity index (χ0) is 14.3. The van der Waals surface area contributed by atoms with Crippen LogP contribution in [0, 0.1) is 0 Å². The summed E-state index contributed by atoms with van der Waals surface area (Å²) in [5, 5.41) is 9.70. The van der Waals surface area contributed by atoms with E-state index in [1.807, 2.05) is 12.1 Å². The molecule has 106 valence electrons. The van der Waals surface area contributed by atoms with Gasteiger partial charge in [0.25, 0.3) is 0 Å². The summed E-state index contributed by atoms with van der Waals surface area (Å²) >= 11 is 5.85. The zero-order valence-corrected chi connectivity index (χ0v) is 12.0. The smallest absolute Gasteiger partial charge is 0.103 e. The van der Waals surface area contributed by atoms with Gasteiger partial charge in [0.15, 0.2) is 0 Å². The molecule has 0 amide bonds. The molecule has 0 saturated carbocycles. The van der Waals surface area contributed by atoms with Gasteiger partial charge in [-0.1, -0.05) is 23.7 Å². The number of carboxylic acids is 1. The van der Waals surface area contributed by atoms with E-state index in [1.165, 1.54) is 18.7 Å². The van der Waals surface area contributed by atoms with Crippen LogP contribution in [0.2, 0.25) is 5.02 Å². The highest BCUT2D eigenvalue weighted by Crippen LogP contribution is 2.08. The molecule has 4 nitrogen and oxygen atoms in total. The number of carboxylic acid groups (broad SMARTS) is 1. The molecule has 0 aliphatic carbocycles. The number of aliphatic carboxylic acids is 1. The molecule has 0 aromatic heterocycles. The van der Waals surface area contributed by atoms with Crippen LogP contribution in [0.5, 0.6) is 0 Å². The maximum atomic E-state index is 8.89. The quantitative estimate of drug-likeness (QED) is 0.777. The Hall–Kier alpha value is -1.10. The van der Waals surface area contributed by atoms with Gasteiger partial charge in [0.05, 0.1) is 13.1 Å². The second kappa shape index (κ2) is 8.15. The van der Waals surface area contributed by atoms with Gasteiger partial charge in [-0.15, -0.1) is 0 Å². The molecule has 0 atom stereocenters. The third kappa shape index (κ3) is 7.15. The van der Waals surface area contributed by atoms with Crippen molar-refractivity contribution in [2.24, 2.45) is 5.73 Å². The number of benzene rings is 1. The van der Waals surface area contributed by atoms with Crippen LogP contribution in [0.25, 0.3) is 0 Å². The number of quaternary nitrogens is 1. The summed E-state index contributed by atoms with van der Waals surface area (Å²) in [5.74, 6) is -1.08. The number of hydrogen-bond donors (Lipinski definition) is 2. The summed E-state index contributed by atoms with van der Waals surface area (Å²) in [7, 11) is 0. The normalized spacial score (nSPS) is 22.3. The first-order chi connectivity index (χ1) is 8.97. The van der Waals surface area contributed by atoms with Gasteiger partial charge in [0.1, 0.15) is 6.54 Å². The van der Waals surface area contributed by atoms with Gasteiger partial charge in [-0.3, -0.25) is 0 Å². The lowest BCUT2D eigenvalue weighted by atomic mass is 10.1. The van der Waals surface area contributed by atoms with Crippen molar-refractivity contribution in [3.8, 4) is 0 Å². The summed E-state index contributed by atoms with van der Waals surface area (Å²) in [6.07, 6.45) is 2.31. The Morgan fingerprint density at radius 3 is 2.32 bits per heavy atom. The monoisotopic (exact) mass is 284 g/mol. The average Bonchev–Trinajstić information content (AvgIpc) is 2.34. The summed E-state index contributed by atoms with van der Waals surface area (Å²) < 4.78 is 0. The number of carbonyl (C=O) groups excluding carboxylic acids is 1. The first-order valence-corrected chi connectivity index (χ1v) is 6.86. The van der Waals surface area contributed by atoms with Gasteiger partial charge in [-0.25, -0.2) is 0 Å². The first kappa shape index (κ1) is 16.0. The standard InChI is InChI=1S/C12H17ClN2.C2H4O2/c13-11-3-1-10(2-4-11)9-15-7-5-12(14)6-8-15;1-2(3)4/h1-4,12H,5-9,14H2;1H3,(H,3,4). The molecular formula is C14H21ClN2O2. The molecule has 3 N–H and O–H groups in total. The number of nitrogens with one attached hydrogen (secondary N) is 1. The van der Waals surface area contributed by atoms with Crippen LogP contribution in [0.1, 0.15) is 25.3 Å². The molecule has 1 heterocycles. The van der Waals surface area contributed by atoms with Crippen LogP contribution in [0.3, 0.4) is 0 Å². The van der Waals surface area contributed by atoms with E-state index < -0.39 is 5.97 Å². The van der Waals surface area contributed by atoms with Gasteiger partial charge in [0.2, 0.25) is 0 Å². The van der Waals surface area contributed by atoms with Crippen LogP contribution in [0.15, 0.2) is 24.3 Å². The molecule has 0 bridgehead atoms. The minimum absolute atomic E-state index is 0.430. The van der Waals surface area contributed by atoms with Crippen LogP contribution in [0.4, 0.5) is 0 Å². The Kier molecular flexibility index (Phi) is 6.84. The number of likely N-dealkylation sites (tertiary alicyclic amines) is 1. The molecule has 1 aliphatic rings. The predicted octanol–water partition coefficient (Wildman–Crippen LogP) is -0.398. The maximum Gasteiger partial charge on any atom is 0.103 e. The Morgan fingerprint density at radius 2 is 1.84 bits per heavy atom. The van der Waals surface area contributed by atoms with E-state index in [0.29, 0.717) is 6.04 Å². The fourth-order valence-electron chi connectivity index (χ4n) is 2.12. The Morgan fingerprint density at radius 1 is 1.37 bits per heavy atom. The first-order valence-electron chi connectivity index (χ1n) is 6.48. The van der Waals surface area contributed by atoms with Crippen molar-refractivity contribution in [1.29, 1.82) is 0 Å². The molecule has 1 aliphatic heterocycles. The molecule has 0 radical (unpaired) electrons. The highest BCUT2D eigenvalue weighted by molar-refractivity contribution is 6.30. The Labute approximate surface area is 119 Å². The molecule has 0 spiro atoms. The maximum absolute atomic E-state index is 8.89. The minimum Gasteiger partial charge on any atom is -0.550 e. The Bertz CT molecular complexity index is 383. The second-order valence-corrected chi connectivity index (χ2v) is 5.32. The number of carbonyl (C=O) groups is 1. The van der Waals surface area contributed by atoms with Gasteiger partial charge in [-0.2, -0.15) is 0 Å².